The van der Waals surface area contributed by atoms with Crippen molar-refractivity contribution in [1.29, 1.82) is 0 Å². The number of halogens is 1. The van der Waals surface area contributed by atoms with Crippen LogP contribution in [0, 0.1) is 6.92 Å². The van der Waals surface area contributed by atoms with Gasteiger partial charge in [0.1, 0.15) is 0 Å². The van der Waals surface area contributed by atoms with Crippen LogP contribution in [-0.2, 0) is 4.79 Å². The Balaban J connectivity index is 1.48. The third-order valence-corrected chi connectivity index (χ3v) is 5.14. The van der Waals surface area contributed by atoms with Crippen molar-refractivity contribution < 1.29 is 9.59 Å². The van der Waals surface area contributed by atoms with Crippen molar-refractivity contribution in [3.05, 3.63) is 69.8 Å². The molecule has 0 radical (unpaired) electrons. The molecule has 2 aromatic carbocycles. The Morgan fingerprint density at radius 2 is 1.89 bits per heavy atom. The van der Waals surface area contributed by atoms with Crippen molar-refractivity contribution in [1.82, 2.24) is 10.2 Å². The van der Waals surface area contributed by atoms with Gasteiger partial charge in [-0.25, -0.2) is 4.79 Å². The van der Waals surface area contributed by atoms with E-state index in [1.54, 1.807) is 0 Å². The summed E-state index contributed by atoms with van der Waals surface area (Å²) in [4.78, 5) is 24.2. The quantitative estimate of drug-likeness (QED) is 0.479. The number of anilines is 3. The molecule has 7 nitrogen and oxygen atoms in total. The number of urea groups is 1. The molecule has 1 atom stereocenters. The molecule has 8 heteroatoms. The van der Waals surface area contributed by atoms with E-state index in [0.717, 1.165) is 21.3 Å². The maximum atomic E-state index is 12.2. The maximum absolute atomic E-state index is 12.2. The summed E-state index contributed by atoms with van der Waals surface area (Å²) >= 11 is 3.38. The average Bonchev–Trinajstić information content (AvgIpc) is 3.02. The van der Waals surface area contributed by atoms with Gasteiger partial charge in [0.05, 0.1) is 0 Å². The number of hydrogen-bond donors (Lipinski definition) is 4. The third-order valence-electron chi connectivity index (χ3n) is 4.64. The van der Waals surface area contributed by atoms with Crippen LogP contribution in [0.3, 0.4) is 0 Å². The fourth-order valence-corrected chi connectivity index (χ4v) is 3.77. The Hall–Kier alpha value is -3.13. The predicted molar refractivity (Wildman–Crippen MR) is 112 cm³/mol. The van der Waals surface area contributed by atoms with E-state index in [4.69, 9.17) is 0 Å². The number of nitrogens with one attached hydrogen (secondary N) is 4. The Morgan fingerprint density at radius 3 is 2.64 bits per heavy atom. The fraction of sp³-hybridized carbons (Fsp3) is 0.150. The minimum Gasteiger partial charge on any atom is -0.309 e. The van der Waals surface area contributed by atoms with Crippen LogP contribution in [0.25, 0.3) is 0 Å². The number of aryl methyl sites for hydroxylation is 1. The molecule has 1 unspecified atom stereocenters. The van der Waals surface area contributed by atoms with Gasteiger partial charge in [0.25, 0.3) is 0 Å². The largest absolute Gasteiger partial charge is 0.323 e. The molecule has 0 bridgehead atoms. The lowest BCUT2D eigenvalue weighted by atomic mass is 9.86. The molecule has 2 heterocycles. The summed E-state index contributed by atoms with van der Waals surface area (Å²) in [5.41, 5.74) is 4.31. The lowest BCUT2D eigenvalue weighted by Gasteiger charge is -2.23. The molecule has 4 rings (SSSR count). The standard InChI is InChI=1S/C20H18BrN5O2/c1-11-18-16(10-17(27)24-19(18)26-25-11)12-5-7-14(8-6-12)22-20(28)23-15-4-2-3-13(21)9-15/h2-9,16H,10H2,1H3,(H2,22,23,28)(H2,24,25,26,27). The van der Waals surface area contributed by atoms with Crippen LogP contribution in [0.1, 0.15) is 29.2 Å². The molecule has 28 heavy (non-hydrogen) atoms. The molecule has 142 valence electrons. The molecule has 0 fully saturated rings. The molecule has 0 saturated carbocycles. The summed E-state index contributed by atoms with van der Waals surface area (Å²) in [6, 6.07) is 14.6. The van der Waals surface area contributed by atoms with Crippen molar-refractivity contribution >= 4 is 45.1 Å². The number of hydrogen-bond acceptors (Lipinski definition) is 3. The second-order valence-corrected chi connectivity index (χ2v) is 7.54. The van der Waals surface area contributed by atoms with E-state index in [0.29, 0.717) is 23.6 Å². The molecular weight excluding hydrogens is 422 g/mol. The molecule has 0 spiro atoms. The van der Waals surface area contributed by atoms with Gasteiger partial charge in [-0.2, -0.15) is 5.10 Å². The highest BCUT2D eigenvalue weighted by Gasteiger charge is 2.30. The molecule has 1 aliphatic heterocycles. The van der Waals surface area contributed by atoms with Crippen molar-refractivity contribution in [3.63, 3.8) is 0 Å². The lowest BCUT2D eigenvalue weighted by Crippen LogP contribution is -2.23. The maximum Gasteiger partial charge on any atom is 0.323 e. The Morgan fingerprint density at radius 1 is 1.14 bits per heavy atom. The molecule has 0 saturated heterocycles. The number of aromatic nitrogens is 2. The lowest BCUT2D eigenvalue weighted by molar-refractivity contribution is -0.116. The predicted octanol–water partition coefficient (Wildman–Crippen LogP) is 4.60. The highest BCUT2D eigenvalue weighted by Crippen LogP contribution is 2.38. The van der Waals surface area contributed by atoms with Gasteiger partial charge < -0.3 is 16.0 Å². The summed E-state index contributed by atoms with van der Waals surface area (Å²) in [7, 11) is 0. The second kappa shape index (κ2) is 7.47. The average molecular weight is 440 g/mol. The van der Waals surface area contributed by atoms with Gasteiger partial charge in [-0.15, -0.1) is 0 Å². The first kappa shape index (κ1) is 18.2. The number of rotatable bonds is 3. The number of fused-ring (bicyclic) bond motifs is 1. The minimum atomic E-state index is -0.323. The van der Waals surface area contributed by atoms with Crippen LogP contribution < -0.4 is 16.0 Å². The Bertz CT molecular complexity index is 1050. The molecule has 4 N–H and O–H groups in total. The summed E-state index contributed by atoms with van der Waals surface area (Å²) in [5.74, 6) is 0.473. The zero-order valence-electron chi connectivity index (χ0n) is 15.0. The van der Waals surface area contributed by atoms with Crippen molar-refractivity contribution in [2.24, 2.45) is 0 Å². The number of amides is 3. The van der Waals surface area contributed by atoms with Gasteiger partial charge in [0.2, 0.25) is 5.91 Å². The number of benzene rings is 2. The SMILES string of the molecule is Cc1[nH]nc2c1C(c1ccc(NC(=O)Nc3cccc(Br)c3)cc1)CC(=O)N2. The highest BCUT2D eigenvalue weighted by atomic mass is 79.9. The van der Waals surface area contributed by atoms with Gasteiger partial charge in [0, 0.05) is 39.4 Å². The third kappa shape index (κ3) is 3.77. The summed E-state index contributed by atoms with van der Waals surface area (Å²) < 4.78 is 0.889. The summed E-state index contributed by atoms with van der Waals surface area (Å²) in [6.07, 6.45) is 0.365. The number of nitrogens with zero attached hydrogens (tertiary/aromatic N) is 1. The van der Waals surface area contributed by atoms with Crippen LogP contribution in [0.2, 0.25) is 0 Å². The van der Waals surface area contributed by atoms with E-state index in [-0.39, 0.29) is 17.9 Å². The van der Waals surface area contributed by atoms with Crippen molar-refractivity contribution in [2.75, 3.05) is 16.0 Å². The Labute approximate surface area is 170 Å². The van der Waals surface area contributed by atoms with Gasteiger partial charge in [-0.1, -0.05) is 34.1 Å². The monoisotopic (exact) mass is 439 g/mol. The zero-order valence-corrected chi connectivity index (χ0v) is 16.6. The molecule has 3 aromatic rings. The van der Waals surface area contributed by atoms with E-state index in [2.05, 4.69) is 42.1 Å². The molecular formula is C20H18BrN5O2. The van der Waals surface area contributed by atoms with Crippen molar-refractivity contribution in [3.8, 4) is 0 Å². The first-order valence-electron chi connectivity index (χ1n) is 8.78. The molecule has 3 amide bonds. The van der Waals surface area contributed by atoms with E-state index in [9.17, 15) is 9.59 Å². The number of aromatic amines is 1. The minimum absolute atomic E-state index is 0.0559. The Kier molecular flexibility index (Phi) is 4.87. The number of carbonyl (C=O) groups excluding carboxylic acids is 2. The first-order chi connectivity index (χ1) is 13.5. The van der Waals surface area contributed by atoms with E-state index < -0.39 is 0 Å². The van der Waals surface area contributed by atoms with Gasteiger partial charge in [-0.3, -0.25) is 9.89 Å². The summed E-state index contributed by atoms with van der Waals surface area (Å²) in [6.45, 7) is 1.94. The first-order valence-corrected chi connectivity index (χ1v) is 9.57. The second-order valence-electron chi connectivity index (χ2n) is 6.63. The van der Waals surface area contributed by atoms with E-state index in [1.807, 2.05) is 55.5 Å². The molecule has 1 aromatic heterocycles. The van der Waals surface area contributed by atoms with Crippen LogP contribution in [0.4, 0.5) is 22.0 Å². The van der Waals surface area contributed by atoms with Gasteiger partial charge in [0.15, 0.2) is 5.82 Å². The molecule has 0 aliphatic carbocycles. The number of carbonyl (C=O) groups is 2. The van der Waals surface area contributed by atoms with E-state index >= 15 is 0 Å². The zero-order chi connectivity index (χ0) is 19.7. The highest BCUT2D eigenvalue weighted by molar-refractivity contribution is 9.10. The normalized spacial score (nSPS) is 15.5. The van der Waals surface area contributed by atoms with Crippen LogP contribution >= 0.6 is 15.9 Å². The van der Waals surface area contributed by atoms with Gasteiger partial charge in [-0.05, 0) is 42.8 Å². The van der Waals surface area contributed by atoms with Crippen LogP contribution in [0.5, 0.6) is 0 Å². The van der Waals surface area contributed by atoms with Crippen LogP contribution in [0.15, 0.2) is 53.0 Å². The van der Waals surface area contributed by atoms with Crippen molar-refractivity contribution in [2.45, 2.75) is 19.3 Å². The number of H-pyrrole nitrogens is 1. The van der Waals surface area contributed by atoms with Gasteiger partial charge >= 0.3 is 6.03 Å². The molecule has 1 aliphatic rings. The topological polar surface area (TPSA) is 98.9 Å². The van der Waals surface area contributed by atoms with E-state index in [1.165, 1.54) is 0 Å². The summed E-state index contributed by atoms with van der Waals surface area (Å²) in [5, 5.41) is 15.5. The smallest absolute Gasteiger partial charge is 0.309 e. The van der Waals surface area contributed by atoms with Crippen LogP contribution in [-0.4, -0.2) is 22.1 Å². The fourth-order valence-electron chi connectivity index (χ4n) is 3.37.